The van der Waals surface area contributed by atoms with Gasteiger partial charge in [0.1, 0.15) is 0 Å². The van der Waals surface area contributed by atoms with Crippen molar-refractivity contribution in [3.8, 4) is 0 Å². The molecule has 8 heteroatoms. The maximum atomic E-state index is 12.1. The van der Waals surface area contributed by atoms with Gasteiger partial charge in [0.15, 0.2) is 0 Å². The summed E-state index contributed by atoms with van der Waals surface area (Å²) in [5.74, 6) is 0. The lowest BCUT2D eigenvalue weighted by molar-refractivity contribution is 0.582. The largest absolute Gasteiger partial charge is 0.313 e. The molecule has 4 nitrogen and oxygen atoms in total. The highest BCUT2D eigenvalue weighted by molar-refractivity contribution is 7.89. The van der Waals surface area contributed by atoms with E-state index in [2.05, 4.69) is 10.0 Å². The number of hydrogen-bond donors (Lipinski definition) is 2. The Labute approximate surface area is 135 Å². The summed E-state index contributed by atoms with van der Waals surface area (Å²) in [5.41, 5.74) is 1.09. The Morgan fingerprint density at radius 2 is 2.00 bits per heavy atom. The van der Waals surface area contributed by atoms with Crippen LogP contribution in [-0.4, -0.2) is 28.1 Å². The van der Waals surface area contributed by atoms with Gasteiger partial charge in [-0.2, -0.15) is 0 Å². The third-order valence-corrected chi connectivity index (χ3v) is 4.99. The second-order valence-corrected chi connectivity index (χ2v) is 6.80. The van der Waals surface area contributed by atoms with Crippen LogP contribution in [0.15, 0.2) is 34.7 Å². The van der Waals surface area contributed by atoms with Gasteiger partial charge in [-0.15, -0.1) is 12.4 Å². The Bertz CT molecular complexity index is 603. The molecule has 0 aromatic heterocycles. The van der Waals surface area contributed by atoms with Crippen molar-refractivity contribution < 1.29 is 8.42 Å². The summed E-state index contributed by atoms with van der Waals surface area (Å²) in [6.07, 6.45) is 2.85. The van der Waals surface area contributed by atoms with E-state index in [4.69, 9.17) is 23.2 Å². The quantitative estimate of drug-likeness (QED) is 0.814. The first-order chi connectivity index (χ1) is 8.99. The van der Waals surface area contributed by atoms with Gasteiger partial charge in [-0.3, -0.25) is 0 Å². The Hall–Kier alpha value is -0.300. The highest BCUT2D eigenvalue weighted by Crippen LogP contribution is 2.24. The predicted octanol–water partition coefficient (Wildman–Crippen LogP) is 2.61. The first-order valence-electron chi connectivity index (χ1n) is 5.82. The molecule has 20 heavy (non-hydrogen) atoms. The van der Waals surface area contributed by atoms with Crippen molar-refractivity contribution in [1.82, 2.24) is 10.0 Å². The van der Waals surface area contributed by atoms with E-state index in [-0.39, 0.29) is 22.3 Å². The van der Waals surface area contributed by atoms with Crippen LogP contribution in [0, 0.1) is 0 Å². The second-order valence-electron chi connectivity index (χ2n) is 4.22. The number of benzene rings is 1. The Balaban J connectivity index is 0.00000200. The first-order valence-corrected chi connectivity index (χ1v) is 8.06. The monoisotopic (exact) mass is 356 g/mol. The molecule has 112 valence electrons. The van der Waals surface area contributed by atoms with Crippen molar-refractivity contribution in [3.63, 3.8) is 0 Å². The minimum Gasteiger partial charge on any atom is -0.313 e. The minimum absolute atomic E-state index is 0. The molecule has 0 unspecified atom stereocenters. The van der Waals surface area contributed by atoms with Crippen LogP contribution < -0.4 is 10.0 Å². The van der Waals surface area contributed by atoms with Gasteiger partial charge in [0, 0.05) is 13.1 Å². The SMILES string of the molecule is Cl.O=S(=O)(NCC1=CCNCC1)c1ccc(Cl)c(Cl)c1. The molecule has 0 saturated carbocycles. The molecule has 0 atom stereocenters. The fourth-order valence-electron chi connectivity index (χ4n) is 1.75. The summed E-state index contributed by atoms with van der Waals surface area (Å²) in [7, 11) is -3.55. The van der Waals surface area contributed by atoms with Crippen LogP contribution in [0.4, 0.5) is 0 Å². The molecule has 2 N–H and O–H groups in total. The van der Waals surface area contributed by atoms with Crippen molar-refractivity contribution in [2.45, 2.75) is 11.3 Å². The molecule has 1 aromatic rings. The highest BCUT2D eigenvalue weighted by atomic mass is 35.5. The van der Waals surface area contributed by atoms with E-state index in [1.807, 2.05) is 6.08 Å². The number of sulfonamides is 1. The van der Waals surface area contributed by atoms with Crippen molar-refractivity contribution in [2.24, 2.45) is 0 Å². The van der Waals surface area contributed by atoms with Crippen LogP contribution in [0.3, 0.4) is 0 Å². The van der Waals surface area contributed by atoms with Crippen LogP contribution in [0.25, 0.3) is 0 Å². The number of hydrogen-bond acceptors (Lipinski definition) is 3. The molecule has 0 radical (unpaired) electrons. The van der Waals surface area contributed by atoms with Gasteiger partial charge >= 0.3 is 0 Å². The average molecular weight is 358 g/mol. The third kappa shape index (κ3) is 4.62. The molecule has 0 aliphatic carbocycles. The zero-order valence-electron chi connectivity index (χ0n) is 10.5. The molecule has 1 aliphatic rings. The maximum absolute atomic E-state index is 12.1. The predicted molar refractivity (Wildman–Crippen MR) is 84.5 cm³/mol. The van der Waals surface area contributed by atoms with E-state index in [1.165, 1.54) is 18.2 Å². The van der Waals surface area contributed by atoms with Crippen LogP contribution in [0.5, 0.6) is 0 Å². The van der Waals surface area contributed by atoms with Gasteiger partial charge in [0.25, 0.3) is 0 Å². The number of halogens is 3. The summed E-state index contributed by atoms with van der Waals surface area (Å²) >= 11 is 11.6. The zero-order valence-corrected chi connectivity index (χ0v) is 13.7. The van der Waals surface area contributed by atoms with Crippen LogP contribution in [0.1, 0.15) is 6.42 Å². The molecule has 2 rings (SSSR count). The Morgan fingerprint density at radius 3 is 2.60 bits per heavy atom. The van der Waals surface area contributed by atoms with Gasteiger partial charge in [-0.05, 0) is 31.2 Å². The highest BCUT2D eigenvalue weighted by Gasteiger charge is 2.16. The van der Waals surface area contributed by atoms with Crippen LogP contribution in [0.2, 0.25) is 10.0 Å². The van der Waals surface area contributed by atoms with E-state index in [1.54, 1.807) is 0 Å². The summed E-state index contributed by atoms with van der Waals surface area (Å²) in [6, 6.07) is 4.26. The van der Waals surface area contributed by atoms with Gasteiger partial charge in [-0.1, -0.05) is 34.9 Å². The Kier molecular flexibility index (Phi) is 6.78. The van der Waals surface area contributed by atoms with E-state index < -0.39 is 10.0 Å². The van der Waals surface area contributed by atoms with Crippen molar-refractivity contribution in [2.75, 3.05) is 19.6 Å². The lowest BCUT2D eigenvalue weighted by Gasteiger charge is -2.14. The van der Waals surface area contributed by atoms with E-state index in [9.17, 15) is 8.42 Å². The fourth-order valence-corrected chi connectivity index (χ4v) is 3.17. The summed E-state index contributed by atoms with van der Waals surface area (Å²) < 4.78 is 26.7. The average Bonchev–Trinajstić information content (AvgIpc) is 2.41. The molecule has 1 heterocycles. The molecule has 0 amide bonds. The topological polar surface area (TPSA) is 58.2 Å². The Morgan fingerprint density at radius 1 is 1.25 bits per heavy atom. The smallest absolute Gasteiger partial charge is 0.240 e. The first kappa shape index (κ1) is 17.8. The van der Waals surface area contributed by atoms with Crippen molar-refractivity contribution in [3.05, 3.63) is 39.9 Å². The fraction of sp³-hybridized carbons (Fsp3) is 0.333. The maximum Gasteiger partial charge on any atom is 0.240 e. The summed E-state index contributed by atoms with van der Waals surface area (Å²) in [5, 5.41) is 3.73. The van der Waals surface area contributed by atoms with Gasteiger partial charge in [0.2, 0.25) is 10.0 Å². The van der Waals surface area contributed by atoms with E-state index in [0.717, 1.165) is 25.1 Å². The standard InChI is InChI=1S/C12H14Cl2N2O2S.ClH/c13-11-2-1-10(7-12(11)14)19(17,18)16-8-9-3-5-15-6-4-9;/h1-3,7,15-16H,4-6,8H2;1H. The van der Waals surface area contributed by atoms with Crippen LogP contribution in [-0.2, 0) is 10.0 Å². The minimum atomic E-state index is -3.55. The van der Waals surface area contributed by atoms with Gasteiger partial charge in [-0.25, -0.2) is 13.1 Å². The molecular weight excluding hydrogens is 343 g/mol. The second kappa shape index (κ2) is 7.64. The molecule has 0 bridgehead atoms. The number of nitrogens with one attached hydrogen (secondary N) is 2. The lowest BCUT2D eigenvalue weighted by atomic mass is 10.1. The molecule has 0 spiro atoms. The van der Waals surface area contributed by atoms with E-state index in [0.29, 0.717) is 11.6 Å². The molecule has 0 fully saturated rings. The lowest BCUT2D eigenvalue weighted by Crippen LogP contribution is -2.29. The summed E-state index contributed by atoms with van der Waals surface area (Å²) in [6.45, 7) is 1.98. The molecule has 0 saturated heterocycles. The normalized spacial score (nSPS) is 15.4. The van der Waals surface area contributed by atoms with Crippen molar-refractivity contribution >= 4 is 45.6 Å². The van der Waals surface area contributed by atoms with Crippen molar-refractivity contribution in [1.29, 1.82) is 0 Å². The number of rotatable bonds is 4. The van der Waals surface area contributed by atoms with Crippen LogP contribution >= 0.6 is 35.6 Å². The summed E-state index contributed by atoms with van der Waals surface area (Å²) in [4.78, 5) is 0.122. The zero-order chi connectivity index (χ0) is 13.9. The molecule has 1 aromatic carbocycles. The molecule has 1 aliphatic heterocycles. The third-order valence-electron chi connectivity index (χ3n) is 2.85. The van der Waals surface area contributed by atoms with Gasteiger partial charge in [0.05, 0.1) is 14.9 Å². The van der Waals surface area contributed by atoms with E-state index >= 15 is 0 Å². The van der Waals surface area contributed by atoms with Gasteiger partial charge < -0.3 is 5.32 Å². The molecular formula is C12H15Cl3N2O2S.